The fourth-order valence-corrected chi connectivity index (χ4v) is 3.68. The van der Waals surface area contributed by atoms with E-state index in [-0.39, 0.29) is 0 Å². The number of alkyl halides is 1. The van der Waals surface area contributed by atoms with Crippen LogP contribution >= 0.6 is 0 Å². The Morgan fingerprint density at radius 2 is 1.54 bits per heavy atom. The van der Waals surface area contributed by atoms with E-state index >= 15 is 0 Å². The Balaban J connectivity index is 1.95. The molecule has 0 N–H and O–H groups in total. The maximum Gasteiger partial charge on any atom is 0.100 e. The highest BCUT2D eigenvalue weighted by Crippen LogP contribution is 2.53. The zero-order valence-electron chi connectivity index (χ0n) is 8.96. The minimum atomic E-state index is -0.486. The third kappa shape index (κ3) is 1.41. The van der Waals surface area contributed by atoms with Crippen LogP contribution in [0.15, 0.2) is 0 Å². The summed E-state index contributed by atoms with van der Waals surface area (Å²) in [6, 6.07) is 0. The molecule has 2 saturated carbocycles. The summed E-state index contributed by atoms with van der Waals surface area (Å²) in [5.74, 6) is 4.08. The van der Waals surface area contributed by atoms with Crippen LogP contribution in [0, 0.1) is 29.6 Å². The first kappa shape index (κ1) is 9.48. The van der Waals surface area contributed by atoms with Crippen molar-refractivity contribution in [2.24, 2.45) is 29.6 Å². The first-order chi connectivity index (χ1) is 6.11. The van der Waals surface area contributed by atoms with Gasteiger partial charge in [-0.2, -0.15) is 0 Å². The smallest absolute Gasteiger partial charge is 0.100 e. The van der Waals surface area contributed by atoms with Crippen molar-refractivity contribution in [3.05, 3.63) is 0 Å². The van der Waals surface area contributed by atoms with E-state index in [2.05, 4.69) is 20.8 Å². The highest BCUT2D eigenvalue weighted by Gasteiger charge is 2.47. The maximum absolute atomic E-state index is 13.0. The van der Waals surface area contributed by atoms with Gasteiger partial charge in [-0.15, -0.1) is 0 Å². The van der Waals surface area contributed by atoms with Crippen LogP contribution in [-0.2, 0) is 0 Å². The van der Waals surface area contributed by atoms with Gasteiger partial charge in [-0.3, -0.25) is 0 Å². The molecule has 76 valence electrons. The fraction of sp³-hybridized carbons (Fsp3) is 1.00. The van der Waals surface area contributed by atoms with Crippen LogP contribution < -0.4 is 0 Å². The zero-order chi connectivity index (χ0) is 9.59. The molecule has 0 aromatic heterocycles. The van der Waals surface area contributed by atoms with Gasteiger partial charge in [0.2, 0.25) is 0 Å². The Labute approximate surface area is 80.9 Å². The quantitative estimate of drug-likeness (QED) is 0.583. The van der Waals surface area contributed by atoms with Gasteiger partial charge >= 0.3 is 0 Å². The van der Waals surface area contributed by atoms with E-state index in [1.54, 1.807) is 0 Å². The molecule has 0 spiro atoms. The molecule has 0 aromatic carbocycles. The summed E-state index contributed by atoms with van der Waals surface area (Å²) < 4.78 is 13.0. The van der Waals surface area contributed by atoms with E-state index in [9.17, 15) is 4.39 Å². The normalized spacial score (nSPS) is 56.3. The lowest BCUT2D eigenvalue weighted by molar-refractivity contribution is -0.0275. The molecule has 0 aromatic rings. The molecule has 0 saturated heterocycles. The Morgan fingerprint density at radius 3 is 2.00 bits per heavy atom. The van der Waals surface area contributed by atoms with Gasteiger partial charge in [0.05, 0.1) is 0 Å². The number of hydrogen-bond donors (Lipinski definition) is 0. The molecule has 0 amide bonds. The first-order valence-corrected chi connectivity index (χ1v) is 5.75. The molecular formula is C12H21F. The average molecular weight is 184 g/mol. The number of hydrogen-bond acceptors (Lipinski definition) is 0. The third-order valence-corrected chi connectivity index (χ3v) is 4.83. The van der Waals surface area contributed by atoms with E-state index in [1.807, 2.05) is 0 Å². The Morgan fingerprint density at radius 1 is 0.923 bits per heavy atom. The van der Waals surface area contributed by atoms with Gasteiger partial charge in [-0.25, -0.2) is 4.39 Å². The summed E-state index contributed by atoms with van der Waals surface area (Å²) in [7, 11) is 0. The van der Waals surface area contributed by atoms with E-state index in [4.69, 9.17) is 0 Å². The molecule has 13 heavy (non-hydrogen) atoms. The van der Waals surface area contributed by atoms with Crippen molar-refractivity contribution in [3.8, 4) is 0 Å². The van der Waals surface area contributed by atoms with Gasteiger partial charge in [0.25, 0.3) is 0 Å². The maximum atomic E-state index is 13.0. The second-order valence-electron chi connectivity index (χ2n) is 5.33. The van der Waals surface area contributed by atoms with E-state index in [0.717, 1.165) is 42.9 Å². The summed E-state index contributed by atoms with van der Waals surface area (Å²) in [4.78, 5) is 0. The van der Waals surface area contributed by atoms with Crippen LogP contribution in [0.5, 0.6) is 0 Å². The minimum absolute atomic E-state index is 0.486. The molecule has 1 heteroatoms. The summed E-state index contributed by atoms with van der Waals surface area (Å²) in [5, 5.41) is 0. The highest BCUT2D eigenvalue weighted by atomic mass is 19.1. The third-order valence-electron chi connectivity index (χ3n) is 4.83. The van der Waals surface area contributed by atoms with Gasteiger partial charge in [-0.05, 0) is 48.9 Å². The van der Waals surface area contributed by atoms with Gasteiger partial charge in [-0.1, -0.05) is 20.8 Å². The molecule has 0 nitrogen and oxygen atoms in total. The summed E-state index contributed by atoms with van der Waals surface area (Å²) in [6.07, 6.45) is 2.34. The van der Waals surface area contributed by atoms with Gasteiger partial charge in [0.1, 0.15) is 6.17 Å². The van der Waals surface area contributed by atoms with Crippen LogP contribution in [0.4, 0.5) is 4.39 Å². The van der Waals surface area contributed by atoms with Crippen molar-refractivity contribution in [2.75, 3.05) is 0 Å². The molecule has 0 bridgehead atoms. The average Bonchev–Trinajstić information content (AvgIpc) is 2.51. The van der Waals surface area contributed by atoms with Crippen molar-refractivity contribution < 1.29 is 4.39 Å². The summed E-state index contributed by atoms with van der Waals surface area (Å²) >= 11 is 0. The molecule has 2 aliphatic rings. The zero-order valence-corrected chi connectivity index (χ0v) is 8.96. The second-order valence-corrected chi connectivity index (χ2v) is 5.33. The van der Waals surface area contributed by atoms with Crippen LogP contribution in [0.3, 0.4) is 0 Å². The van der Waals surface area contributed by atoms with Crippen molar-refractivity contribution in [1.29, 1.82) is 0 Å². The molecule has 2 aliphatic carbocycles. The fourth-order valence-electron chi connectivity index (χ4n) is 3.68. The van der Waals surface area contributed by atoms with Crippen molar-refractivity contribution in [2.45, 2.75) is 46.2 Å². The molecule has 4 unspecified atom stereocenters. The largest absolute Gasteiger partial charge is 0.247 e. The lowest BCUT2D eigenvalue weighted by Crippen LogP contribution is -2.45. The number of rotatable bonds is 1. The first-order valence-electron chi connectivity index (χ1n) is 5.75. The van der Waals surface area contributed by atoms with E-state index in [1.165, 1.54) is 0 Å². The summed E-state index contributed by atoms with van der Waals surface area (Å²) in [5.41, 5.74) is 0. The van der Waals surface area contributed by atoms with Crippen molar-refractivity contribution in [3.63, 3.8) is 0 Å². The van der Waals surface area contributed by atoms with Gasteiger partial charge < -0.3 is 0 Å². The Hall–Kier alpha value is -0.0700. The lowest BCUT2D eigenvalue weighted by atomic mass is 9.54. The van der Waals surface area contributed by atoms with Crippen molar-refractivity contribution >= 4 is 0 Å². The van der Waals surface area contributed by atoms with E-state index in [0.29, 0.717) is 5.92 Å². The lowest BCUT2D eigenvalue weighted by Gasteiger charge is -2.51. The van der Waals surface area contributed by atoms with Crippen molar-refractivity contribution in [1.82, 2.24) is 0 Å². The molecule has 4 atom stereocenters. The molecule has 2 rings (SSSR count). The topological polar surface area (TPSA) is 0 Å². The number of halogens is 1. The molecular weight excluding hydrogens is 163 g/mol. The predicted octanol–water partition coefficient (Wildman–Crippen LogP) is 3.66. The van der Waals surface area contributed by atoms with Crippen LogP contribution in [0.25, 0.3) is 0 Å². The van der Waals surface area contributed by atoms with Gasteiger partial charge in [0, 0.05) is 0 Å². The van der Waals surface area contributed by atoms with Crippen LogP contribution in [0.1, 0.15) is 40.0 Å². The molecule has 2 fully saturated rings. The van der Waals surface area contributed by atoms with E-state index < -0.39 is 6.17 Å². The monoisotopic (exact) mass is 184 g/mol. The Bertz CT molecular complexity index is 180. The highest BCUT2D eigenvalue weighted by molar-refractivity contribution is 4.96. The van der Waals surface area contributed by atoms with Gasteiger partial charge in [0.15, 0.2) is 0 Å². The molecule has 0 heterocycles. The SMILES string of the molecule is CC1C(C)C(C2CCC(F)C2)C1C. The minimum Gasteiger partial charge on any atom is -0.247 e. The predicted molar refractivity (Wildman–Crippen MR) is 53.2 cm³/mol. The molecule has 0 aliphatic heterocycles. The second kappa shape index (κ2) is 3.25. The van der Waals surface area contributed by atoms with Crippen LogP contribution in [0.2, 0.25) is 0 Å². The standard InChI is InChI=1S/C12H21F/c1-7-8(2)12(9(7)3)10-4-5-11(13)6-10/h7-12H,4-6H2,1-3H3. The van der Waals surface area contributed by atoms with Crippen LogP contribution in [-0.4, -0.2) is 6.17 Å². The molecule has 0 radical (unpaired) electrons. The Kier molecular flexibility index (Phi) is 2.37. The summed E-state index contributed by atoms with van der Waals surface area (Å²) in [6.45, 7) is 7.04.